The fraction of sp³-hybridized carbons (Fsp3) is 0.467. The van der Waals surface area contributed by atoms with Gasteiger partial charge in [0.05, 0.1) is 50.2 Å². The Morgan fingerprint density at radius 2 is 1.64 bits per heavy atom. The number of amides is 4. The molecule has 0 aliphatic carbocycles. The van der Waals surface area contributed by atoms with E-state index in [0.717, 1.165) is 74.7 Å². The number of aliphatic hydroxyl groups excluding tert-OH is 1. The lowest BCUT2D eigenvalue weighted by atomic mass is 9.90. The van der Waals surface area contributed by atoms with Crippen LogP contribution in [0, 0.1) is 11.8 Å². The van der Waals surface area contributed by atoms with Crippen molar-refractivity contribution in [3.63, 3.8) is 0 Å². The second-order valence-electron chi connectivity index (χ2n) is 17.8. The van der Waals surface area contributed by atoms with Crippen LogP contribution in [0.2, 0.25) is 19.1 Å². The predicted molar refractivity (Wildman–Crippen MR) is 234 cm³/mol. The molecule has 3 aliphatic heterocycles. The van der Waals surface area contributed by atoms with Gasteiger partial charge in [-0.3, -0.25) is 14.4 Å². The maximum atomic E-state index is 14.3. The molecule has 3 saturated heterocycles. The van der Waals surface area contributed by atoms with E-state index in [9.17, 15) is 24.3 Å². The Morgan fingerprint density at radius 1 is 0.902 bits per heavy atom. The number of carbonyl (C=O) groups excluding carboxylic acids is 4. The Kier molecular flexibility index (Phi) is 12.0. The maximum Gasteiger partial charge on any atom is 0.407 e. The summed E-state index contributed by atoms with van der Waals surface area (Å²) in [5.74, 6) is 0.452. The summed E-state index contributed by atoms with van der Waals surface area (Å²) >= 11 is 0. The standard InChI is InChI=1S/C45H56N8O7Si/c1-26(2)38(49-37(55)23-54)43(56)52-18-6-7-35(52)42-47-33-15-13-31-21-30(12-14-32(31)40(33)50-42)27-8-10-28(11-9-27)34-22-46-41(48-34)36-24-61(4,5)25-53(36)44(57)39(51-45(58)59-3)29-16-19-60-20-17-29/h8-15,21-22,26,29,35-36,38-39,54H,6-7,16-20,23-25H2,1-5H3,(H,46,48)(H,47,50)(H,49,55)(H,51,58)/t35-,36?,38?,39?/m0/s1. The van der Waals surface area contributed by atoms with Crippen LogP contribution >= 0.6 is 0 Å². The molecule has 0 radical (unpaired) electrons. The summed E-state index contributed by atoms with van der Waals surface area (Å²) < 4.78 is 10.5. The van der Waals surface area contributed by atoms with Gasteiger partial charge in [0.15, 0.2) is 0 Å². The van der Waals surface area contributed by atoms with E-state index < -0.39 is 38.8 Å². The van der Waals surface area contributed by atoms with E-state index in [-0.39, 0.29) is 35.7 Å². The van der Waals surface area contributed by atoms with Crippen molar-refractivity contribution in [2.75, 3.05) is 39.6 Å². The van der Waals surface area contributed by atoms with Gasteiger partial charge >= 0.3 is 6.09 Å². The van der Waals surface area contributed by atoms with Crippen molar-refractivity contribution in [1.29, 1.82) is 0 Å². The van der Waals surface area contributed by atoms with Gasteiger partial charge in [0.1, 0.15) is 30.3 Å². The van der Waals surface area contributed by atoms with E-state index >= 15 is 0 Å². The first-order valence-corrected chi connectivity index (χ1v) is 24.8. The number of hydrogen-bond donors (Lipinski definition) is 5. The number of nitrogens with one attached hydrogen (secondary N) is 4. The Labute approximate surface area is 356 Å². The van der Waals surface area contributed by atoms with E-state index in [1.165, 1.54) is 7.11 Å². The fourth-order valence-corrected chi connectivity index (χ4v) is 12.3. The van der Waals surface area contributed by atoms with E-state index in [1.807, 2.05) is 31.0 Å². The van der Waals surface area contributed by atoms with Crippen molar-refractivity contribution in [3.05, 3.63) is 72.4 Å². The van der Waals surface area contributed by atoms with E-state index in [1.54, 1.807) is 4.90 Å². The molecule has 3 unspecified atom stereocenters. The van der Waals surface area contributed by atoms with Crippen LogP contribution in [-0.2, 0) is 23.9 Å². The number of alkyl carbamates (subject to hydrolysis) is 1. The number of likely N-dealkylation sites (tertiary alicyclic amines) is 1. The molecule has 3 aromatic carbocycles. The lowest BCUT2D eigenvalue weighted by Gasteiger charge is -2.34. The minimum Gasteiger partial charge on any atom is -0.453 e. The SMILES string of the molecule is COC(=O)NC(C(=O)N1C[Si](C)(C)CC1c1ncc(-c2ccc(-c3ccc4c(ccc5[nH]c([C@@H]6CCCN6C(=O)C(NC(=O)CO)C(C)C)nc54)c3)cc2)[nH]1)C1CCOCC1. The minimum atomic E-state index is -1.79. The predicted octanol–water partition coefficient (Wildman–Crippen LogP) is 5.85. The van der Waals surface area contributed by atoms with Gasteiger partial charge in [0.25, 0.3) is 0 Å². The highest BCUT2D eigenvalue weighted by molar-refractivity contribution is 6.78. The van der Waals surface area contributed by atoms with Crippen LogP contribution in [0.1, 0.15) is 63.3 Å². The highest BCUT2D eigenvalue weighted by Gasteiger charge is 2.47. The van der Waals surface area contributed by atoms with Gasteiger partial charge in [-0.2, -0.15) is 0 Å². The molecule has 0 saturated carbocycles. The van der Waals surface area contributed by atoms with Gasteiger partial charge < -0.3 is 45.0 Å². The monoisotopic (exact) mass is 848 g/mol. The number of aromatic amines is 2. The number of carbonyl (C=O) groups is 4. The molecule has 322 valence electrons. The molecule has 5 N–H and O–H groups in total. The first kappa shape index (κ1) is 42.1. The molecule has 5 aromatic rings. The molecule has 0 spiro atoms. The second-order valence-corrected chi connectivity index (χ2v) is 22.9. The number of methoxy groups -OCH3 is 1. The molecule has 3 fully saturated rings. The van der Waals surface area contributed by atoms with Crippen molar-refractivity contribution in [2.24, 2.45) is 11.8 Å². The van der Waals surface area contributed by atoms with Crippen molar-refractivity contribution >= 4 is 53.7 Å². The molecule has 2 aromatic heterocycles. The van der Waals surface area contributed by atoms with Gasteiger partial charge in [0, 0.05) is 31.3 Å². The Bertz CT molecular complexity index is 2420. The van der Waals surface area contributed by atoms with Crippen molar-refractivity contribution in [1.82, 2.24) is 40.4 Å². The molecule has 5 heterocycles. The summed E-state index contributed by atoms with van der Waals surface area (Å²) in [6.45, 7) is 9.36. The number of aliphatic hydroxyl groups is 1. The number of aromatic nitrogens is 4. The van der Waals surface area contributed by atoms with E-state index in [4.69, 9.17) is 19.4 Å². The summed E-state index contributed by atoms with van der Waals surface area (Å²) in [4.78, 5) is 73.0. The average Bonchev–Trinajstić information content (AvgIpc) is 4.10. The van der Waals surface area contributed by atoms with Crippen LogP contribution in [0.15, 0.2) is 60.8 Å². The summed E-state index contributed by atoms with van der Waals surface area (Å²) in [6.07, 6.45) is 4.86. The van der Waals surface area contributed by atoms with Crippen LogP contribution < -0.4 is 10.6 Å². The van der Waals surface area contributed by atoms with Crippen molar-refractivity contribution in [3.8, 4) is 22.4 Å². The van der Waals surface area contributed by atoms with Crippen LogP contribution in [0.5, 0.6) is 0 Å². The van der Waals surface area contributed by atoms with Gasteiger partial charge in [-0.05, 0) is 77.8 Å². The molecular formula is C45H56N8O7Si. The molecule has 0 bridgehead atoms. The molecule has 15 nitrogen and oxygen atoms in total. The number of fused-ring (bicyclic) bond motifs is 3. The van der Waals surface area contributed by atoms with Crippen molar-refractivity contribution in [2.45, 2.75) is 82.8 Å². The first-order valence-electron chi connectivity index (χ1n) is 21.4. The summed E-state index contributed by atoms with van der Waals surface area (Å²) in [5, 5.41) is 16.9. The maximum absolute atomic E-state index is 14.3. The average molecular weight is 849 g/mol. The molecular weight excluding hydrogens is 793 g/mol. The highest BCUT2D eigenvalue weighted by atomic mass is 28.3. The van der Waals surface area contributed by atoms with Gasteiger partial charge in [0.2, 0.25) is 17.7 Å². The number of hydrogen-bond acceptors (Lipinski definition) is 9. The van der Waals surface area contributed by atoms with Gasteiger partial charge in [-0.25, -0.2) is 14.8 Å². The van der Waals surface area contributed by atoms with E-state index in [2.05, 4.69) is 82.2 Å². The number of H-pyrrole nitrogens is 2. The molecule has 4 amide bonds. The van der Waals surface area contributed by atoms with Crippen LogP contribution in [0.25, 0.3) is 44.2 Å². The zero-order valence-corrected chi connectivity index (χ0v) is 36.5. The quantitative estimate of drug-likeness (QED) is 0.101. The number of nitrogens with zero attached hydrogens (tertiary/aromatic N) is 4. The highest BCUT2D eigenvalue weighted by Crippen LogP contribution is 2.39. The number of ether oxygens (including phenoxy) is 2. The van der Waals surface area contributed by atoms with Crippen LogP contribution in [0.3, 0.4) is 0 Å². The van der Waals surface area contributed by atoms with Gasteiger partial charge in [-0.1, -0.05) is 69.4 Å². The zero-order valence-electron chi connectivity index (χ0n) is 35.5. The Morgan fingerprint density at radius 3 is 2.36 bits per heavy atom. The molecule has 3 aliphatic rings. The fourth-order valence-electron chi connectivity index (χ4n) is 9.42. The van der Waals surface area contributed by atoms with Crippen LogP contribution in [0.4, 0.5) is 4.79 Å². The normalized spacial score (nSPS) is 20.3. The Hall–Kier alpha value is -5.58. The minimum absolute atomic E-state index is 0.0365. The summed E-state index contributed by atoms with van der Waals surface area (Å²) in [6, 6.07) is 17.8. The largest absolute Gasteiger partial charge is 0.453 e. The third kappa shape index (κ3) is 8.66. The van der Waals surface area contributed by atoms with Gasteiger partial charge in [-0.15, -0.1) is 0 Å². The third-order valence-corrected chi connectivity index (χ3v) is 15.3. The molecule has 61 heavy (non-hydrogen) atoms. The molecule has 8 rings (SSSR count). The number of imidazole rings is 2. The van der Waals surface area contributed by atoms with Crippen LogP contribution in [-0.4, -0.2) is 118 Å². The smallest absolute Gasteiger partial charge is 0.407 e. The topological polar surface area (TPSA) is 195 Å². The lowest BCUT2D eigenvalue weighted by Crippen LogP contribution is -2.53. The lowest BCUT2D eigenvalue weighted by molar-refractivity contribution is -0.139. The van der Waals surface area contributed by atoms with Crippen molar-refractivity contribution < 1.29 is 33.8 Å². The van der Waals surface area contributed by atoms with E-state index in [0.29, 0.717) is 38.8 Å². The Balaban J connectivity index is 0.992. The number of benzene rings is 3. The summed E-state index contributed by atoms with van der Waals surface area (Å²) in [7, 11) is -0.477. The number of rotatable bonds is 11. The second kappa shape index (κ2) is 17.4. The molecule has 16 heteroatoms. The third-order valence-electron chi connectivity index (χ3n) is 12.6. The first-order chi connectivity index (χ1) is 29.3. The summed E-state index contributed by atoms with van der Waals surface area (Å²) in [5.41, 5.74) is 5.68. The molecule has 4 atom stereocenters. The zero-order chi connectivity index (χ0) is 43.0.